The van der Waals surface area contributed by atoms with Gasteiger partial charge in [0.1, 0.15) is 0 Å². The van der Waals surface area contributed by atoms with Crippen LogP contribution in [-0.2, 0) is 20.0 Å². The van der Waals surface area contributed by atoms with Gasteiger partial charge in [-0.1, -0.05) is 18.2 Å². The van der Waals surface area contributed by atoms with Crippen molar-refractivity contribution in [1.82, 2.24) is 19.6 Å². The van der Waals surface area contributed by atoms with Crippen LogP contribution in [0.5, 0.6) is 0 Å². The molecule has 3 aromatic rings. The fraction of sp³-hybridized carbons (Fsp3) is 0.200. The lowest BCUT2D eigenvalue weighted by molar-refractivity contribution is 0.586. The van der Waals surface area contributed by atoms with Crippen LogP contribution in [0.15, 0.2) is 48.9 Å². The SMILES string of the molecule is Cn1nccc1CCn1cc(-c2ccccc2I)cn1. The molecule has 0 aliphatic carbocycles. The first-order valence-corrected chi connectivity index (χ1v) is 7.56. The third-order valence-electron chi connectivity index (χ3n) is 3.34. The Hall–Kier alpha value is -1.63. The molecular formula is C15H15IN4. The first-order chi connectivity index (χ1) is 9.74. The van der Waals surface area contributed by atoms with Gasteiger partial charge < -0.3 is 0 Å². The van der Waals surface area contributed by atoms with Crippen molar-refractivity contribution in [1.29, 1.82) is 0 Å². The second kappa shape index (κ2) is 5.78. The second-order valence-electron chi connectivity index (χ2n) is 4.67. The lowest BCUT2D eigenvalue weighted by Crippen LogP contribution is -2.05. The minimum Gasteiger partial charge on any atom is -0.273 e. The van der Waals surface area contributed by atoms with Gasteiger partial charge in [-0.25, -0.2) is 0 Å². The molecule has 5 heteroatoms. The van der Waals surface area contributed by atoms with E-state index in [1.807, 2.05) is 34.9 Å². The first-order valence-electron chi connectivity index (χ1n) is 6.48. The molecular weight excluding hydrogens is 363 g/mol. The molecule has 0 amide bonds. The van der Waals surface area contributed by atoms with Gasteiger partial charge >= 0.3 is 0 Å². The zero-order chi connectivity index (χ0) is 13.9. The Labute approximate surface area is 131 Å². The summed E-state index contributed by atoms with van der Waals surface area (Å²) in [6, 6.07) is 10.4. The number of hydrogen-bond acceptors (Lipinski definition) is 2. The summed E-state index contributed by atoms with van der Waals surface area (Å²) in [6.45, 7) is 0.864. The zero-order valence-corrected chi connectivity index (χ0v) is 13.4. The molecule has 0 radical (unpaired) electrons. The van der Waals surface area contributed by atoms with Crippen LogP contribution in [0, 0.1) is 3.57 Å². The molecule has 0 spiro atoms. The molecule has 0 unspecified atom stereocenters. The molecule has 0 aliphatic rings. The lowest BCUT2D eigenvalue weighted by Gasteiger charge is -2.03. The van der Waals surface area contributed by atoms with E-state index < -0.39 is 0 Å². The van der Waals surface area contributed by atoms with E-state index in [-0.39, 0.29) is 0 Å². The monoisotopic (exact) mass is 378 g/mol. The molecule has 0 saturated heterocycles. The standard InChI is InChI=1S/C15H15IN4/c1-19-13(6-8-17-19)7-9-20-11-12(10-18-20)14-4-2-3-5-15(14)16/h2-6,8,10-11H,7,9H2,1H3. The topological polar surface area (TPSA) is 35.6 Å². The third-order valence-corrected chi connectivity index (χ3v) is 4.28. The van der Waals surface area contributed by atoms with Crippen LogP contribution < -0.4 is 0 Å². The highest BCUT2D eigenvalue weighted by Gasteiger charge is 2.06. The summed E-state index contributed by atoms with van der Waals surface area (Å²) < 4.78 is 5.15. The Bertz CT molecular complexity index is 714. The maximum absolute atomic E-state index is 4.45. The number of rotatable bonds is 4. The molecule has 2 heterocycles. The fourth-order valence-corrected chi connectivity index (χ4v) is 2.89. The van der Waals surface area contributed by atoms with Gasteiger partial charge in [0.25, 0.3) is 0 Å². The van der Waals surface area contributed by atoms with E-state index in [0.717, 1.165) is 13.0 Å². The molecule has 2 aromatic heterocycles. The Balaban J connectivity index is 1.74. The van der Waals surface area contributed by atoms with E-state index in [1.165, 1.54) is 20.4 Å². The van der Waals surface area contributed by atoms with E-state index in [9.17, 15) is 0 Å². The van der Waals surface area contributed by atoms with Crippen LogP contribution >= 0.6 is 22.6 Å². The first kappa shape index (κ1) is 13.4. The Morgan fingerprint density at radius 1 is 1.15 bits per heavy atom. The summed E-state index contributed by atoms with van der Waals surface area (Å²) in [6.07, 6.45) is 6.80. The summed E-state index contributed by atoms with van der Waals surface area (Å²) in [5.74, 6) is 0. The number of aromatic nitrogens is 4. The Kier molecular flexibility index (Phi) is 3.86. The van der Waals surface area contributed by atoms with Crippen LogP contribution in [0.25, 0.3) is 11.1 Å². The highest BCUT2D eigenvalue weighted by atomic mass is 127. The van der Waals surface area contributed by atoms with Crippen LogP contribution in [0.1, 0.15) is 5.69 Å². The van der Waals surface area contributed by atoms with E-state index in [0.29, 0.717) is 0 Å². The van der Waals surface area contributed by atoms with Crippen molar-refractivity contribution in [2.45, 2.75) is 13.0 Å². The van der Waals surface area contributed by atoms with Gasteiger partial charge in [0.2, 0.25) is 0 Å². The van der Waals surface area contributed by atoms with Gasteiger partial charge in [0.15, 0.2) is 0 Å². The summed E-state index contributed by atoms with van der Waals surface area (Å²) in [5.41, 5.74) is 3.62. The highest BCUT2D eigenvalue weighted by Crippen LogP contribution is 2.24. The van der Waals surface area contributed by atoms with E-state index >= 15 is 0 Å². The van der Waals surface area contributed by atoms with Gasteiger partial charge in [0.05, 0.1) is 6.20 Å². The molecule has 0 aliphatic heterocycles. The smallest absolute Gasteiger partial charge is 0.0568 e. The Morgan fingerprint density at radius 3 is 2.75 bits per heavy atom. The number of halogens is 1. The van der Waals surface area contributed by atoms with Crippen molar-refractivity contribution in [3.05, 3.63) is 58.2 Å². The molecule has 0 atom stereocenters. The quantitative estimate of drug-likeness (QED) is 0.654. The zero-order valence-electron chi connectivity index (χ0n) is 11.2. The molecule has 4 nitrogen and oxygen atoms in total. The molecule has 20 heavy (non-hydrogen) atoms. The maximum Gasteiger partial charge on any atom is 0.0568 e. The summed E-state index contributed by atoms with van der Waals surface area (Å²) in [5, 5.41) is 8.63. The van der Waals surface area contributed by atoms with Gasteiger partial charge in [-0.2, -0.15) is 10.2 Å². The predicted molar refractivity (Wildman–Crippen MR) is 87.3 cm³/mol. The van der Waals surface area contributed by atoms with Crippen molar-refractivity contribution in [2.75, 3.05) is 0 Å². The van der Waals surface area contributed by atoms with Crippen molar-refractivity contribution in [3.8, 4) is 11.1 Å². The molecule has 102 valence electrons. The van der Waals surface area contributed by atoms with Crippen molar-refractivity contribution in [3.63, 3.8) is 0 Å². The minimum atomic E-state index is 0.864. The normalized spacial score (nSPS) is 10.9. The third kappa shape index (κ3) is 2.77. The van der Waals surface area contributed by atoms with Crippen LogP contribution in [-0.4, -0.2) is 19.6 Å². The minimum absolute atomic E-state index is 0.864. The molecule has 0 N–H and O–H groups in total. The lowest BCUT2D eigenvalue weighted by atomic mass is 10.1. The van der Waals surface area contributed by atoms with Crippen LogP contribution in [0.3, 0.4) is 0 Å². The van der Waals surface area contributed by atoms with Crippen molar-refractivity contribution < 1.29 is 0 Å². The molecule has 3 rings (SSSR count). The van der Waals surface area contributed by atoms with E-state index in [4.69, 9.17) is 0 Å². The second-order valence-corrected chi connectivity index (χ2v) is 5.83. The predicted octanol–water partition coefficient (Wildman–Crippen LogP) is 3.13. The van der Waals surface area contributed by atoms with Crippen LogP contribution in [0.4, 0.5) is 0 Å². The average molecular weight is 378 g/mol. The molecule has 1 aromatic carbocycles. The summed E-state index contributed by atoms with van der Waals surface area (Å²) in [7, 11) is 1.97. The van der Waals surface area contributed by atoms with Gasteiger partial charge in [0, 0.05) is 47.2 Å². The van der Waals surface area contributed by atoms with Gasteiger partial charge in [-0.05, 0) is 40.3 Å². The number of nitrogens with zero attached hydrogens (tertiary/aromatic N) is 4. The van der Waals surface area contributed by atoms with Crippen molar-refractivity contribution in [2.24, 2.45) is 7.05 Å². The summed E-state index contributed by atoms with van der Waals surface area (Å²) >= 11 is 2.36. The largest absolute Gasteiger partial charge is 0.273 e. The summed E-state index contributed by atoms with van der Waals surface area (Å²) in [4.78, 5) is 0. The number of hydrogen-bond donors (Lipinski definition) is 0. The van der Waals surface area contributed by atoms with Gasteiger partial charge in [-0.3, -0.25) is 9.36 Å². The van der Waals surface area contributed by atoms with Crippen LogP contribution in [0.2, 0.25) is 0 Å². The van der Waals surface area contributed by atoms with Gasteiger partial charge in [-0.15, -0.1) is 0 Å². The number of benzene rings is 1. The van der Waals surface area contributed by atoms with E-state index in [2.05, 4.69) is 63.3 Å². The Morgan fingerprint density at radius 2 is 2.00 bits per heavy atom. The molecule has 0 bridgehead atoms. The number of aryl methyl sites for hydroxylation is 3. The van der Waals surface area contributed by atoms with E-state index in [1.54, 1.807) is 0 Å². The molecule has 0 saturated carbocycles. The molecule has 0 fully saturated rings. The average Bonchev–Trinajstić information content (AvgIpc) is 3.06. The maximum atomic E-state index is 4.45. The van der Waals surface area contributed by atoms with Crippen molar-refractivity contribution >= 4 is 22.6 Å². The highest BCUT2D eigenvalue weighted by molar-refractivity contribution is 14.1. The fourth-order valence-electron chi connectivity index (χ4n) is 2.20.